The predicted octanol–water partition coefficient (Wildman–Crippen LogP) is 5.54. The van der Waals surface area contributed by atoms with Gasteiger partial charge in [-0.15, -0.1) is 5.92 Å². The molecule has 1 nitrogen and oxygen atoms in total. The van der Waals surface area contributed by atoms with Gasteiger partial charge in [0.1, 0.15) is 0 Å². The average molecular weight is 293 g/mol. The Morgan fingerprint density at radius 1 is 1.25 bits per heavy atom. The fourth-order valence-corrected chi connectivity index (χ4v) is 3.45. The lowest BCUT2D eigenvalue weighted by Gasteiger charge is -2.39. The normalized spacial score (nSPS) is 22.7. The summed E-state index contributed by atoms with van der Waals surface area (Å²) >= 11 is 0. The molecule has 0 saturated carbocycles. The zero-order valence-corrected chi connectivity index (χ0v) is 15.3. The van der Waals surface area contributed by atoms with Crippen LogP contribution >= 0.6 is 0 Å². The molecular formula is C18H32OSi. The molecule has 2 heteroatoms. The summed E-state index contributed by atoms with van der Waals surface area (Å²) in [5, 5.41) is 0.273. The molecule has 0 saturated heterocycles. The van der Waals surface area contributed by atoms with Crippen molar-refractivity contribution in [3.8, 4) is 11.8 Å². The van der Waals surface area contributed by atoms with E-state index in [1.807, 2.05) is 0 Å². The summed E-state index contributed by atoms with van der Waals surface area (Å²) < 4.78 is 6.53. The molecule has 0 spiro atoms. The van der Waals surface area contributed by atoms with Crippen LogP contribution in [-0.2, 0) is 4.43 Å². The van der Waals surface area contributed by atoms with E-state index in [1.54, 1.807) is 0 Å². The largest absolute Gasteiger partial charge is 0.412 e. The van der Waals surface area contributed by atoms with Crippen LogP contribution < -0.4 is 0 Å². The number of unbranched alkanes of at least 4 members (excludes halogenated alkanes) is 3. The van der Waals surface area contributed by atoms with Gasteiger partial charge in [-0.25, -0.2) is 0 Å². The Balaban J connectivity index is 2.55. The molecule has 114 valence electrons. The molecule has 0 N–H and O–H groups in total. The van der Waals surface area contributed by atoms with Gasteiger partial charge in [0.05, 0.1) is 12.0 Å². The molecule has 0 amide bonds. The van der Waals surface area contributed by atoms with Gasteiger partial charge in [0, 0.05) is 6.42 Å². The third kappa shape index (κ3) is 5.11. The Bertz CT molecular complexity index is 378. The average Bonchev–Trinajstić information content (AvgIpc) is 2.74. The SMILES string of the molecule is CCCCCC#C[C@@H]1C=CC[C@H]1O[Si](C)(C)C(C)(C)C. The molecule has 2 atom stereocenters. The second-order valence-electron chi connectivity index (χ2n) is 7.38. The van der Waals surface area contributed by atoms with Crippen molar-refractivity contribution in [2.45, 2.75) is 84.0 Å². The monoisotopic (exact) mass is 292 g/mol. The van der Waals surface area contributed by atoms with E-state index < -0.39 is 8.32 Å². The van der Waals surface area contributed by atoms with Crippen LogP contribution in [0.3, 0.4) is 0 Å². The Hall–Kier alpha value is -0.523. The highest BCUT2D eigenvalue weighted by molar-refractivity contribution is 6.74. The maximum atomic E-state index is 6.53. The zero-order chi connectivity index (χ0) is 15.2. The first-order chi connectivity index (χ1) is 9.28. The molecule has 1 rings (SSSR count). The van der Waals surface area contributed by atoms with E-state index in [2.05, 4.69) is 64.8 Å². The van der Waals surface area contributed by atoms with Gasteiger partial charge >= 0.3 is 0 Å². The molecule has 20 heavy (non-hydrogen) atoms. The van der Waals surface area contributed by atoms with E-state index >= 15 is 0 Å². The van der Waals surface area contributed by atoms with E-state index in [0.29, 0.717) is 5.92 Å². The molecule has 0 heterocycles. The summed E-state index contributed by atoms with van der Waals surface area (Å²) in [4.78, 5) is 0. The number of rotatable bonds is 5. The van der Waals surface area contributed by atoms with Crippen LogP contribution in [0.5, 0.6) is 0 Å². The summed E-state index contributed by atoms with van der Waals surface area (Å²) in [5.41, 5.74) is 0. The lowest BCUT2D eigenvalue weighted by Crippen LogP contribution is -2.44. The van der Waals surface area contributed by atoms with Gasteiger partial charge in [-0.05, 0) is 31.0 Å². The fraction of sp³-hybridized carbons (Fsp3) is 0.778. The Morgan fingerprint density at radius 2 is 1.95 bits per heavy atom. The molecule has 0 unspecified atom stereocenters. The minimum absolute atomic E-state index is 0.273. The van der Waals surface area contributed by atoms with E-state index in [9.17, 15) is 0 Å². The lowest BCUT2D eigenvalue weighted by atomic mass is 10.1. The highest BCUT2D eigenvalue weighted by Crippen LogP contribution is 2.39. The van der Waals surface area contributed by atoms with Gasteiger partial charge < -0.3 is 4.43 Å². The molecule has 0 radical (unpaired) electrons. The van der Waals surface area contributed by atoms with Crippen molar-refractivity contribution in [1.82, 2.24) is 0 Å². The van der Waals surface area contributed by atoms with Gasteiger partial charge in [0.2, 0.25) is 0 Å². The molecule has 0 aromatic heterocycles. The van der Waals surface area contributed by atoms with Crippen molar-refractivity contribution in [3.63, 3.8) is 0 Å². The van der Waals surface area contributed by atoms with Gasteiger partial charge in [0.15, 0.2) is 8.32 Å². The fourth-order valence-electron chi connectivity index (χ4n) is 2.10. The highest BCUT2D eigenvalue weighted by atomic mass is 28.4. The van der Waals surface area contributed by atoms with Gasteiger partial charge in [-0.2, -0.15) is 0 Å². The van der Waals surface area contributed by atoms with Crippen LogP contribution in [0, 0.1) is 17.8 Å². The van der Waals surface area contributed by atoms with E-state index in [-0.39, 0.29) is 11.1 Å². The summed E-state index contributed by atoms with van der Waals surface area (Å²) in [5.74, 6) is 7.09. The van der Waals surface area contributed by atoms with Crippen LogP contribution in [-0.4, -0.2) is 14.4 Å². The maximum Gasteiger partial charge on any atom is 0.192 e. The van der Waals surface area contributed by atoms with Crippen LogP contribution in [0.1, 0.15) is 59.8 Å². The third-order valence-electron chi connectivity index (χ3n) is 4.54. The standard InChI is InChI=1S/C18H32OSi/c1-7-8-9-10-11-13-16-14-12-15-17(16)19-20(5,6)18(2,3)4/h12,14,16-17H,7-10,15H2,1-6H3/t16-,17-/m1/s1. The smallest absolute Gasteiger partial charge is 0.192 e. The Kier molecular flexibility index (Phi) is 6.55. The molecule has 0 aromatic carbocycles. The first-order valence-electron chi connectivity index (χ1n) is 8.11. The second kappa shape index (κ2) is 7.48. The van der Waals surface area contributed by atoms with Crippen molar-refractivity contribution in [2.24, 2.45) is 5.92 Å². The Morgan fingerprint density at radius 3 is 2.55 bits per heavy atom. The van der Waals surface area contributed by atoms with Crippen LogP contribution in [0.25, 0.3) is 0 Å². The van der Waals surface area contributed by atoms with Crippen LogP contribution in [0.4, 0.5) is 0 Å². The molecule has 0 bridgehead atoms. The van der Waals surface area contributed by atoms with Crippen molar-refractivity contribution in [3.05, 3.63) is 12.2 Å². The lowest BCUT2D eigenvalue weighted by molar-refractivity contribution is 0.171. The summed E-state index contributed by atoms with van der Waals surface area (Å²) in [7, 11) is -1.68. The first kappa shape index (κ1) is 17.5. The molecule has 0 aliphatic heterocycles. The van der Waals surface area contributed by atoms with Gasteiger partial charge in [-0.3, -0.25) is 0 Å². The number of hydrogen-bond acceptors (Lipinski definition) is 1. The van der Waals surface area contributed by atoms with Crippen molar-refractivity contribution >= 4 is 8.32 Å². The van der Waals surface area contributed by atoms with E-state index in [1.165, 1.54) is 19.3 Å². The highest BCUT2D eigenvalue weighted by Gasteiger charge is 2.40. The topological polar surface area (TPSA) is 9.23 Å². The van der Waals surface area contributed by atoms with Crippen LogP contribution in [0.2, 0.25) is 18.1 Å². The minimum atomic E-state index is -1.68. The van der Waals surface area contributed by atoms with Crippen molar-refractivity contribution in [2.75, 3.05) is 0 Å². The molecule has 0 fully saturated rings. The van der Waals surface area contributed by atoms with Gasteiger partial charge in [0.25, 0.3) is 0 Å². The van der Waals surface area contributed by atoms with Crippen molar-refractivity contribution in [1.29, 1.82) is 0 Å². The summed E-state index contributed by atoms with van der Waals surface area (Å²) in [6.45, 7) is 13.8. The second-order valence-corrected chi connectivity index (χ2v) is 12.1. The first-order valence-corrected chi connectivity index (χ1v) is 11.0. The summed E-state index contributed by atoms with van der Waals surface area (Å²) in [6, 6.07) is 0. The third-order valence-corrected chi connectivity index (χ3v) is 9.04. The molecular weight excluding hydrogens is 260 g/mol. The van der Waals surface area contributed by atoms with E-state index in [0.717, 1.165) is 12.8 Å². The zero-order valence-electron chi connectivity index (χ0n) is 14.3. The molecule has 1 aliphatic rings. The van der Waals surface area contributed by atoms with Crippen LogP contribution in [0.15, 0.2) is 12.2 Å². The predicted molar refractivity (Wildman–Crippen MR) is 91.2 cm³/mol. The summed E-state index contributed by atoms with van der Waals surface area (Å²) in [6.07, 6.45) is 10.6. The molecule has 0 aromatic rings. The number of hydrogen-bond donors (Lipinski definition) is 0. The minimum Gasteiger partial charge on any atom is -0.412 e. The quantitative estimate of drug-likeness (QED) is 0.280. The van der Waals surface area contributed by atoms with E-state index in [4.69, 9.17) is 4.43 Å². The Labute approximate surface area is 127 Å². The van der Waals surface area contributed by atoms with Crippen molar-refractivity contribution < 1.29 is 4.43 Å². The molecule has 1 aliphatic carbocycles. The van der Waals surface area contributed by atoms with Gasteiger partial charge in [-0.1, -0.05) is 58.6 Å². The maximum absolute atomic E-state index is 6.53.